The molecule has 2 amide bonds. The smallest absolute Gasteiger partial charge is 0.407 e. The molecule has 0 spiro atoms. The molecule has 1 heterocycles. The maximum Gasteiger partial charge on any atom is 0.407 e. The van der Waals surface area contributed by atoms with E-state index in [1.807, 2.05) is 33.8 Å². The normalized spacial score (nSPS) is 19.2. The number of amides is 2. The minimum Gasteiger partial charge on any atom is -0.444 e. The van der Waals surface area contributed by atoms with E-state index in [4.69, 9.17) is 4.74 Å². The van der Waals surface area contributed by atoms with Crippen molar-refractivity contribution in [2.75, 3.05) is 23.3 Å². The largest absolute Gasteiger partial charge is 0.444 e. The highest BCUT2D eigenvalue weighted by atomic mass is 16.6. The van der Waals surface area contributed by atoms with Crippen LogP contribution in [0.1, 0.15) is 99.0 Å². The molecule has 6 heteroatoms. The predicted octanol–water partition coefficient (Wildman–Crippen LogP) is 7.06. The number of anilines is 2. The van der Waals surface area contributed by atoms with E-state index in [-0.39, 0.29) is 32.9 Å². The molecule has 1 aromatic rings. The Hall–Kier alpha value is -2.24. The molecule has 3 rings (SSSR count). The van der Waals surface area contributed by atoms with Crippen molar-refractivity contribution < 1.29 is 14.3 Å². The van der Waals surface area contributed by atoms with Crippen LogP contribution in [0.2, 0.25) is 0 Å². The lowest BCUT2D eigenvalue weighted by molar-refractivity contribution is -0.117. The molecule has 1 saturated heterocycles. The number of hydrogen-bond donors (Lipinski definition) is 2. The zero-order valence-corrected chi connectivity index (χ0v) is 20.3. The summed E-state index contributed by atoms with van der Waals surface area (Å²) in [6.07, 6.45) is 9.99. The molecular weight excluding hydrogens is 426 g/mol. The molecule has 0 bridgehead atoms. The van der Waals surface area contributed by atoms with Gasteiger partial charge in [-0.15, -0.1) is 0 Å². The number of nitrogens with zero attached hydrogens (tertiary/aromatic N) is 1. The number of rotatable bonds is 5. The van der Waals surface area contributed by atoms with Gasteiger partial charge in [0, 0.05) is 30.9 Å². The van der Waals surface area contributed by atoms with E-state index in [2.05, 4.69) is 27.7 Å². The van der Waals surface area contributed by atoms with Crippen LogP contribution in [0.5, 0.6) is 0 Å². The van der Waals surface area contributed by atoms with Gasteiger partial charge in [-0.3, -0.25) is 4.79 Å². The van der Waals surface area contributed by atoms with E-state index < -0.39 is 5.60 Å². The Labute approximate surface area is 208 Å². The predicted molar refractivity (Wildman–Crippen MR) is 144 cm³/mol. The van der Waals surface area contributed by atoms with Crippen molar-refractivity contribution in [2.45, 2.75) is 112 Å². The Morgan fingerprint density at radius 3 is 2.29 bits per heavy atom. The second-order valence-corrected chi connectivity index (χ2v) is 10.5. The minimum absolute atomic E-state index is 0. The lowest BCUT2D eigenvalue weighted by Gasteiger charge is -2.23. The average molecular weight is 476 g/mol. The number of alkyl carbamates (subject to hydrolysis) is 1. The van der Waals surface area contributed by atoms with Crippen LogP contribution in [-0.2, 0) is 9.53 Å². The van der Waals surface area contributed by atoms with Crippen molar-refractivity contribution in [3.63, 3.8) is 0 Å². The third-order valence-electron chi connectivity index (χ3n) is 6.46. The van der Waals surface area contributed by atoms with Gasteiger partial charge in [0.2, 0.25) is 5.91 Å². The summed E-state index contributed by atoms with van der Waals surface area (Å²) in [6, 6.07) is 6.28. The Bertz CT molecular complexity index is 780. The van der Waals surface area contributed by atoms with Crippen LogP contribution < -0.4 is 15.5 Å². The first-order valence-electron chi connectivity index (χ1n) is 12.3. The van der Waals surface area contributed by atoms with Gasteiger partial charge in [0.05, 0.1) is 6.04 Å². The van der Waals surface area contributed by atoms with Crippen LogP contribution in [0.4, 0.5) is 16.2 Å². The lowest BCUT2D eigenvalue weighted by Crippen LogP contribution is -2.40. The highest BCUT2D eigenvalue weighted by Gasteiger charge is 2.26. The van der Waals surface area contributed by atoms with Crippen LogP contribution in [-0.4, -0.2) is 36.7 Å². The van der Waals surface area contributed by atoms with Gasteiger partial charge in [-0.05, 0) is 76.6 Å². The molecule has 34 heavy (non-hydrogen) atoms. The Morgan fingerprint density at radius 1 is 1.03 bits per heavy atom. The van der Waals surface area contributed by atoms with E-state index in [1.54, 1.807) is 0 Å². The number of carbonyl (C=O) groups excluding carboxylic acids is 2. The van der Waals surface area contributed by atoms with Gasteiger partial charge in [-0.1, -0.05) is 47.0 Å². The minimum atomic E-state index is -0.491. The SMILES string of the molecule is C.C.Cc1cc(N2CCC(NC(=O)OC(C)(C)C)C2)ccc1NC(=O)CC1CCCCCCC1. The fraction of sp³-hybridized carbons (Fsp3) is 0.714. The van der Waals surface area contributed by atoms with Crippen LogP contribution in [0, 0.1) is 12.8 Å². The van der Waals surface area contributed by atoms with Crippen LogP contribution in [0.25, 0.3) is 0 Å². The zero-order chi connectivity index (χ0) is 23.1. The summed E-state index contributed by atoms with van der Waals surface area (Å²) >= 11 is 0. The fourth-order valence-corrected chi connectivity index (χ4v) is 4.78. The molecule has 6 nitrogen and oxygen atoms in total. The average Bonchev–Trinajstić information content (AvgIpc) is 3.12. The van der Waals surface area contributed by atoms with Crippen molar-refractivity contribution in [3.05, 3.63) is 23.8 Å². The van der Waals surface area contributed by atoms with Gasteiger partial charge in [-0.2, -0.15) is 0 Å². The van der Waals surface area contributed by atoms with Crippen molar-refractivity contribution >= 4 is 23.4 Å². The first-order chi connectivity index (χ1) is 15.2. The molecule has 2 fully saturated rings. The van der Waals surface area contributed by atoms with Crippen LogP contribution in [0.3, 0.4) is 0 Å². The van der Waals surface area contributed by atoms with Gasteiger partial charge >= 0.3 is 6.09 Å². The van der Waals surface area contributed by atoms with E-state index >= 15 is 0 Å². The van der Waals surface area contributed by atoms with Crippen molar-refractivity contribution in [1.82, 2.24) is 5.32 Å². The second-order valence-electron chi connectivity index (χ2n) is 10.5. The molecule has 1 unspecified atom stereocenters. The van der Waals surface area contributed by atoms with Gasteiger partial charge < -0.3 is 20.3 Å². The quantitative estimate of drug-likeness (QED) is 0.478. The van der Waals surface area contributed by atoms with Gasteiger partial charge in [0.1, 0.15) is 5.60 Å². The monoisotopic (exact) mass is 475 g/mol. The third-order valence-corrected chi connectivity index (χ3v) is 6.46. The molecule has 1 aliphatic heterocycles. The molecule has 2 aliphatic rings. The Morgan fingerprint density at radius 2 is 1.68 bits per heavy atom. The first-order valence-corrected chi connectivity index (χ1v) is 12.3. The summed E-state index contributed by atoms with van der Waals surface area (Å²) in [5.74, 6) is 0.656. The molecule has 1 atom stereocenters. The van der Waals surface area contributed by atoms with Crippen LogP contribution in [0.15, 0.2) is 18.2 Å². The Balaban J connectivity index is 0.00000289. The van der Waals surface area contributed by atoms with Crippen molar-refractivity contribution in [2.24, 2.45) is 5.92 Å². The van der Waals surface area contributed by atoms with E-state index in [9.17, 15) is 9.59 Å². The molecule has 1 saturated carbocycles. The summed E-state index contributed by atoms with van der Waals surface area (Å²) in [6.45, 7) is 9.29. The van der Waals surface area contributed by atoms with E-state index in [1.165, 1.54) is 44.9 Å². The van der Waals surface area contributed by atoms with E-state index in [0.717, 1.165) is 36.4 Å². The highest BCUT2D eigenvalue weighted by Crippen LogP contribution is 2.28. The molecule has 1 aromatic carbocycles. The van der Waals surface area contributed by atoms with Crippen molar-refractivity contribution in [1.29, 1.82) is 0 Å². The second kappa shape index (κ2) is 13.6. The topological polar surface area (TPSA) is 70.7 Å². The number of ether oxygens (including phenoxy) is 1. The first kappa shape index (κ1) is 29.8. The number of carbonyl (C=O) groups is 2. The summed E-state index contributed by atoms with van der Waals surface area (Å²) < 4.78 is 5.37. The molecule has 0 radical (unpaired) electrons. The number of nitrogens with one attached hydrogen (secondary N) is 2. The lowest BCUT2D eigenvalue weighted by atomic mass is 9.88. The van der Waals surface area contributed by atoms with Gasteiger partial charge in [-0.25, -0.2) is 4.79 Å². The highest BCUT2D eigenvalue weighted by molar-refractivity contribution is 5.92. The van der Waals surface area contributed by atoms with E-state index in [0.29, 0.717) is 12.3 Å². The molecule has 2 N–H and O–H groups in total. The summed E-state index contributed by atoms with van der Waals surface area (Å²) in [4.78, 5) is 27.0. The van der Waals surface area contributed by atoms with Gasteiger partial charge in [0.15, 0.2) is 0 Å². The van der Waals surface area contributed by atoms with Gasteiger partial charge in [0.25, 0.3) is 0 Å². The number of benzene rings is 1. The van der Waals surface area contributed by atoms with Crippen LogP contribution >= 0.6 is 0 Å². The third kappa shape index (κ3) is 9.55. The summed E-state index contributed by atoms with van der Waals surface area (Å²) in [5.41, 5.74) is 2.59. The maximum atomic E-state index is 12.6. The number of hydrogen-bond acceptors (Lipinski definition) is 4. The summed E-state index contributed by atoms with van der Waals surface area (Å²) in [7, 11) is 0. The molecule has 0 aromatic heterocycles. The summed E-state index contributed by atoms with van der Waals surface area (Å²) in [5, 5.41) is 6.11. The zero-order valence-electron chi connectivity index (χ0n) is 20.3. The fourth-order valence-electron chi connectivity index (χ4n) is 4.78. The Kier molecular flexibility index (Phi) is 11.9. The standard InChI is InChI=1S/C26H41N3O3.2CH4/c1-19-16-22(29-15-14-21(18-29)27-25(31)32-26(2,3)4)12-13-23(19)28-24(30)17-20-10-8-6-5-7-9-11-20;;/h12-13,16,20-21H,5-11,14-15,17-18H2,1-4H3,(H,27,31)(H,28,30);2*1H4. The van der Waals surface area contributed by atoms with Crippen molar-refractivity contribution in [3.8, 4) is 0 Å². The maximum absolute atomic E-state index is 12.6. The molecule has 194 valence electrons. The molecular formula is C28H49N3O3. The number of aryl methyl sites for hydroxylation is 1. The molecule has 1 aliphatic carbocycles.